The van der Waals surface area contributed by atoms with Crippen LogP contribution in [0.2, 0.25) is 0 Å². The van der Waals surface area contributed by atoms with Gasteiger partial charge in [-0.3, -0.25) is 4.90 Å². The van der Waals surface area contributed by atoms with Gasteiger partial charge in [0.1, 0.15) is 0 Å². The number of benzene rings is 1. The fourth-order valence-corrected chi connectivity index (χ4v) is 3.21. The molecule has 0 spiro atoms. The van der Waals surface area contributed by atoms with Gasteiger partial charge in [0.05, 0.1) is 0 Å². The monoisotopic (exact) mass is 289 g/mol. The molecule has 3 heteroatoms. The van der Waals surface area contributed by atoms with Gasteiger partial charge < -0.3 is 10.2 Å². The fourth-order valence-electron chi connectivity index (χ4n) is 3.21. The highest BCUT2D eigenvalue weighted by molar-refractivity contribution is 5.15. The Hall–Kier alpha value is -0.900. The predicted octanol–water partition coefficient (Wildman–Crippen LogP) is 2.23. The first kappa shape index (κ1) is 16.5. The minimum absolute atomic E-state index is 0.581. The van der Waals surface area contributed by atoms with Crippen LogP contribution < -0.4 is 5.32 Å². The molecule has 0 saturated carbocycles. The molecule has 1 aromatic carbocycles. The summed E-state index contributed by atoms with van der Waals surface area (Å²) in [6.07, 6.45) is 3.58. The van der Waals surface area contributed by atoms with Crippen LogP contribution in [-0.2, 0) is 6.42 Å². The summed E-state index contributed by atoms with van der Waals surface area (Å²) in [6.45, 7) is 6.90. The lowest BCUT2D eigenvalue weighted by Crippen LogP contribution is -2.58. The summed E-state index contributed by atoms with van der Waals surface area (Å²) in [7, 11) is 4.52. The van der Waals surface area contributed by atoms with E-state index in [1.165, 1.54) is 38.0 Å². The molecule has 0 bridgehead atoms. The van der Waals surface area contributed by atoms with Crippen molar-refractivity contribution in [2.75, 3.05) is 40.3 Å². The lowest BCUT2D eigenvalue weighted by atomic mass is 9.96. The summed E-state index contributed by atoms with van der Waals surface area (Å²) in [6, 6.07) is 12.1. The molecule has 118 valence electrons. The van der Waals surface area contributed by atoms with Crippen LogP contribution in [0.15, 0.2) is 30.3 Å². The van der Waals surface area contributed by atoms with E-state index < -0.39 is 0 Å². The number of nitrogens with zero attached hydrogens (tertiary/aromatic N) is 2. The Morgan fingerprint density at radius 1 is 1.19 bits per heavy atom. The van der Waals surface area contributed by atoms with E-state index in [-0.39, 0.29) is 0 Å². The molecule has 21 heavy (non-hydrogen) atoms. The Morgan fingerprint density at radius 2 is 1.95 bits per heavy atom. The van der Waals surface area contributed by atoms with Crippen LogP contribution in [0.5, 0.6) is 0 Å². The van der Waals surface area contributed by atoms with Crippen LogP contribution >= 0.6 is 0 Å². The van der Waals surface area contributed by atoms with Crippen molar-refractivity contribution in [3.63, 3.8) is 0 Å². The maximum atomic E-state index is 3.79. The van der Waals surface area contributed by atoms with E-state index >= 15 is 0 Å². The molecule has 0 aliphatic carbocycles. The van der Waals surface area contributed by atoms with Crippen molar-refractivity contribution < 1.29 is 0 Å². The highest BCUT2D eigenvalue weighted by Gasteiger charge is 2.29. The summed E-state index contributed by atoms with van der Waals surface area (Å²) >= 11 is 0. The van der Waals surface area contributed by atoms with E-state index in [0.29, 0.717) is 12.1 Å². The first-order valence-corrected chi connectivity index (χ1v) is 8.36. The number of nitrogens with one attached hydrogen (secondary N) is 1. The maximum Gasteiger partial charge on any atom is 0.0374 e. The van der Waals surface area contributed by atoms with Gasteiger partial charge in [-0.1, -0.05) is 37.3 Å². The van der Waals surface area contributed by atoms with Gasteiger partial charge in [0.25, 0.3) is 0 Å². The van der Waals surface area contributed by atoms with Gasteiger partial charge >= 0.3 is 0 Å². The molecule has 2 atom stereocenters. The molecule has 2 unspecified atom stereocenters. The van der Waals surface area contributed by atoms with E-state index in [9.17, 15) is 0 Å². The first-order chi connectivity index (χ1) is 10.2. The van der Waals surface area contributed by atoms with Crippen LogP contribution in [0.1, 0.15) is 25.3 Å². The number of hydrogen-bond acceptors (Lipinski definition) is 3. The molecule has 1 heterocycles. The van der Waals surface area contributed by atoms with Gasteiger partial charge in [0.2, 0.25) is 0 Å². The van der Waals surface area contributed by atoms with Gasteiger partial charge in [0, 0.05) is 31.7 Å². The third kappa shape index (κ3) is 5.10. The zero-order chi connectivity index (χ0) is 15.1. The number of aryl methyl sites for hydroxylation is 1. The van der Waals surface area contributed by atoms with E-state index in [0.717, 1.165) is 13.0 Å². The normalized spacial score (nSPS) is 22.3. The summed E-state index contributed by atoms with van der Waals surface area (Å²) in [4.78, 5) is 5.01. The smallest absolute Gasteiger partial charge is 0.0374 e. The third-order valence-corrected chi connectivity index (χ3v) is 4.61. The van der Waals surface area contributed by atoms with Gasteiger partial charge in [-0.05, 0) is 45.5 Å². The Kier molecular flexibility index (Phi) is 6.68. The number of likely N-dealkylation sites (N-methyl/N-ethyl adjacent to an activating group) is 2. The number of piperazine rings is 1. The lowest BCUT2D eigenvalue weighted by molar-refractivity contribution is 0.0853. The Labute approximate surface area is 130 Å². The molecule has 3 nitrogen and oxygen atoms in total. The van der Waals surface area contributed by atoms with E-state index in [1.54, 1.807) is 0 Å². The Balaban J connectivity index is 1.96. The predicted molar refractivity (Wildman–Crippen MR) is 90.8 cm³/mol. The van der Waals surface area contributed by atoms with Gasteiger partial charge in [0.15, 0.2) is 0 Å². The van der Waals surface area contributed by atoms with E-state index in [2.05, 4.69) is 66.5 Å². The van der Waals surface area contributed by atoms with Crippen molar-refractivity contribution in [1.82, 2.24) is 15.1 Å². The van der Waals surface area contributed by atoms with Crippen molar-refractivity contribution in [3.8, 4) is 0 Å². The van der Waals surface area contributed by atoms with Crippen LogP contribution in [-0.4, -0.2) is 62.2 Å². The topological polar surface area (TPSA) is 18.5 Å². The Bertz CT molecular complexity index is 393. The molecule has 0 radical (unpaired) electrons. The molecule has 1 aliphatic heterocycles. The summed E-state index contributed by atoms with van der Waals surface area (Å²) < 4.78 is 0. The average molecular weight is 289 g/mol. The number of rotatable bonds is 7. The summed E-state index contributed by atoms with van der Waals surface area (Å²) in [5.74, 6) is 0. The van der Waals surface area contributed by atoms with Crippen molar-refractivity contribution in [2.45, 2.75) is 38.3 Å². The molecule has 1 fully saturated rings. The highest BCUT2D eigenvalue weighted by atomic mass is 15.3. The van der Waals surface area contributed by atoms with Crippen LogP contribution in [0, 0.1) is 0 Å². The van der Waals surface area contributed by atoms with Crippen molar-refractivity contribution >= 4 is 0 Å². The fraction of sp³-hybridized carbons (Fsp3) is 0.667. The van der Waals surface area contributed by atoms with E-state index in [4.69, 9.17) is 0 Å². The summed E-state index contributed by atoms with van der Waals surface area (Å²) in [5, 5.41) is 3.79. The zero-order valence-electron chi connectivity index (χ0n) is 13.9. The maximum absolute atomic E-state index is 3.79. The second-order valence-electron chi connectivity index (χ2n) is 6.40. The lowest BCUT2D eigenvalue weighted by Gasteiger charge is -2.42. The minimum atomic E-state index is 0.581. The molecular formula is C18H31N3. The quantitative estimate of drug-likeness (QED) is 0.830. The van der Waals surface area contributed by atoms with E-state index in [1.807, 2.05) is 0 Å². The Morgan fingerprint density at radius 3 is 2.67 bits per heavy atom. The molecule has 0 aromatic heterocycles. The second kappa shape index (κ2) is 8.52. The third-order valence-electron chi connectivity index (χ3n) is 4.61. The molecule has 1 aliphatic rings. The van der Waals surface area contributed by atoms with Crippen molar-refractivity contribution in [1.29, 1.82) is 0 Å². The van der Waals surface area contributed by atoms with Crippen LogP contribution in [0.4, 0.5) is 0 Å². The molecule has 0 amide bonds. The second-order valence-corrected chi connectivity index (χ2v) is 6.40. The van der Waals surface area contributed by atoms with Gasteiger partial charge in [-0.25, -0.2) is 0 Å². The molecular weight excluding hydrogens is 258 g/mol. The van der Waals surface area contributed by atoms with Gasteiger partial charge in [-0.2, -0.15) is 0 Å². The molecule has 1 aromatic rings. The molecule has 1 N–H and O–H groups in total. The molecule has 2 rings (SSSR count). The highest BCUT2D eigenvalue weighted by Crippen LogP contribution is 2.15. The average Bonchev–Trinajstić information content (AvgIpc) is 2.51. The zero-order valence-corrected chi connectivity index (χ0v) is 13.9. The number of hydrogen-bond donors (Lipinski definition) is 1. The minimum Gasteiger partial charge on any atom is -0.312 e. The van der Waals surface area contributed by atoms with Gasteiger partial charge in [-0.15, -0.1) is 0 Å². The first-order valence-electron chi connectivity index (χ1n) is 8.36. The SMILES string of the molecule is CCCNC(CCc1ccccc1)C1CN(C)CCN1C. The molecule has 1 saturated heterocycles. The largest absolute Gasteiger partial charge is 0.312 e. The van der Waals surface area contributed by atoms with Crippen molar-refractivity contribution in [3.05, 3.63) is 35.9 Å². The van der Waals surface area contributed by atoms with Crippen LogP contribution in [0.25, 0.3) is 0 Å². The standard InChI is InChI=1S/C18H31N3/c1-4-12-19-17(11-10-16-8-6-5-7-9-16)18-15-20(2)13-14-21(18)3/h5-9,17-19H,4,10-15H2,1-3H3. The van der Waals surface area contributed by atoms with Crippen LogP contribution in [0.3, 0.4) is 0 Å². The summed E-state index contributed by atoms with van der Waals surface area (Å²) in [5.41, 5.74) is 1.45. The van der Waals surface area contributed by atoms with Crippen molar-refractivity contribution in [2.24, 2.45) is 0 Å².